The first-order chi connectivity index (χ1) is 10.1. The van der Waals surface area contributed by atoms with Crippen molar-refractivity contribution in [1.29, 1.82) is 0 Å². The van der Waals surface area contributed by atoms with E-state index < -0.39 is 0 Å². The molecule has 0 aliphatic heterocycles. The molecule has 0 saturated carbocycles. The van der Waals surface area contributed by atoms with Gasteiger partial charge in [-0.1, -0.05) is 18.5 Å². The van der Waals surface area contributed by atoms with Gasteiger partial charge in [-0.25, -0.2) is 4.39 Å². The Morgan fingerprint density at radius 3 is 2.86 bits per heavy atom. The lowest BCUT2D eigenvalue weighted by Gasteiger charge is -2.12. The number of benzene rings is 1. The minimum atomic E-state index is -0.326. The molecule has 0 bridgehead atoms. The molecular formula is C16H18ClFN2O. The van der Waals surface area contributed by atoms with Crippen LogP contribution in [0.25, 0.3) is 0 Å². The van der Waals surface area contributed by atoms with E-state index in [1.54, 1.807) is 0 Å². The van der Waals surface area contributed by atoms with E-state index in [1.165, 1.54) is 18.2 Å². The van der Waals surface area contributed by atoms with Crippen LogP contribution in [0.3, 0.4) is 0 Å². The number of hydrogen-bond acceptors (Lipinski definition) is 3. The molecule has 0 aliphatic rings. The third-order valence-corrected chi connectivity index (χ3v) is 3.37. The largest absolute Gasteiger partial charge is 0.487 e. The van der Waals surface area contributed by atoms with Crippen LogP contribution >= 0.6 is 11.6 Å². The van der Waals surface area contributed by atoms with Gasteiger partial charge < -0.3 is 10.1 Å². The Balaban J connectivity index is 2.13. The first-order valence-electron chi connectivity index (χ1n) is 6.84. The minimum Gasteiger partial charge on any atom is -0.487 e. The smallest absolute Gasteiger partial charge is 0.142 e. The number of aromatic nitrogens is 1. The molecule has 0 atom stereocenters. The zero-order chi connectivity index (χ0) is 15.2. The van der Waals surface area contributed by atoms with Gasteiger partial charge in [0, 0.05) is 22.8 Å². The highest BCUT2D eigenvalue weighted by Crippen LogP contribution is 2.22. The van der Waals surface area contributed by atoms with E-state index in [1.807, 2.05) is 26.0 Å². The van der Waals surface area contributed by atoms with Crippen LogP contribution in [0, 0.1) is 12.7 Å². The maximum absolute atomic E-state index is 13.2. The van der Waals surface area contributed by atoms with Gasteiger partial charge in [0.2, 0.25) is 0 Å². The van der Waals surface area contributed by atoms with Gasteiger partial charge in [-0.3, -0.25) is 4.98 Å². The third kappa shape index (κ3) is 4.41. The van der Waals surface area contributed by atoms with Gasteiger partial charge in [0.1, 0.15) is 18.2 Å². The van der Waals surface area contributed by atoms with Crippen molar-refractivity contribution in [2.24, 2.45) is 0 Å². The third-order valence-electron chi connectivity index (χ3n) is 3.01. The highest BCUT2D eigenvalue weighted by molar-refractivity contribution is 6.31. The molecular weight excluding hydrogens is 291 g/mol. The number of halogens is 2. The molecule has 0 aliphatic carbocycles. The number of rotatable bonds is 6. The number of nitrogens with zero attached hydrogens (tertiary/aromatic N) is 1. The molecule has 2 rings (SSSR count). The number of aryl methyl sites for hydroxylation is 1. The fourth-order valence-corrected chi connectivity index (χ4v) is 2.08. The molecule has 21 heavy (non-hydrogen) atoms. The first kappa shape index (κ1) is 15.7. The maximum Gasteiger partial charge on any atom is 0.142 e. The summed E-state index contributed by atoms with van der Waals surface area (Å²) in [5.74, 6) is 0.356. The molecule has 1 aromatic heterocycles. The van der Waals surface area contributed by atoms with E-state index in [0.717, 1.165) is 17.9 Å². The van der Waals surface area contributed by atoms with Crippen LogP contribution in [-0.2, 0) is 13.2 Å². The van der Waals surface area contributed by atoms with Gasteiger partial charge in [0.25, 0.3) is 0 Å². The van der Waals surface area contributed by atoms with Gasteiger partial charge in [0.15, 0.2) is 0 Å². The van der Waals surface area contributed by atoms with Crippen LogP contribution in [0.15, 0.2) is 30.3 Å². The summed E-state index contributed by atoms with van der Waals surface area (Å²) >= 11 is 6.04. The van der Waals surface area contributed by atoms with Crippen LogP contribution in [0.5, 0.6) is 5.75 Å². The molecule has 0 unspecified atom stereocenters. The Labute approximate surface area is 129 Å². The Morgan fingerprint density at radius 2 is 2.10 bits per heavy atom. The zero-order valence-electron chi connectivity index (χ0n) is 12.1. The summed E-state index contributed by atoms with van der Waals surface area (Å²) in [6.45, 7) is 5.65. The van der Waals surface area contributed by atoms with Crippen molar-refractivity contribution in [3.8, 4) is 5.75 Å². The molecule has 1 heterocycles. The molecule has 0 radical (unpaired) electrons. The van der Waals surface area contributed by atoms with Crippen molar-refractivity contribution in [3.63, 3.8) is 0 Å². The molecule has 3 nitrogen and oxygen atoms in total. The Morgan fingerprint density at radius 1 is 1.29 bits per heavy atom. The minimum absolute atomic E-state index is 0.209. The standard InChI is InChI=1S/C16H18ClFN2O/c1-3-19-9-15-16(7-4-11(2)20-15)21-10-12-8-13(18)5-6-14(12)17/h4-8,19H,3,9-10H2,1-2H3. The molecule has 0 saturated heterocycles. The fourth-order valence-electron chi connectivity index (χ4n) is 1.91. The second-order valence-electron chi connectivity index (χ2n) is 4.70. The highest BCUT2D eigenvalue weighted by atomic mass is 35.5. The lowest BCUT2D eigenvalue weighted by atomic mass is 10.2. The number of hydrogen-bond donors (Lipinski definition) is 1. The van der Waals surface area contributed by atoms with Crippen LogP contribution in [-0.4, -0.2) is 11.5 Å². The molecule has 0 fully saturated rings. The van der Waals surface area contributed by atoms with Crippen LogP contribution in [0.1, 0.15) is 23.9 Å². The van der Waals surface area contributed by atoms with Gasteiger partial charge in [-0.2, -0.15) is 0 Å². The van der Waals surface area contributed by atoms with E-state index in [-0.39, 0.29) is 12.4 Å². The second-order valence-corrected chi connectivity index (χ2v) is 5.11. The van der Waals surface area contributed by atoms with Crippen molar-refractivity contribution in [2.45, 2.75) is 27.0 Å². The van der Waals surface area contributed by atoms with E-state index >= 15 is 0 Å². The maximum atomic E-state index is 13.2. The number of nitrogens with one attached hydrogen (secondary N) is 1. The van der Waals surface area contributed by atoms with Crippen molar-refractivity contribution < 1.29 is 9.13 Å². The summed E-state index contributed by atoms with van der Waals surface area (Å²) in [4.78, 5) is 4.47. The van der Waals surface area contributed by atoms with Crippen LogP contribution in [0.4, 0.5) is 4.39 Å². The van der Waals surface area contributed by atoms with Crippen LogP contribution in [0.2, 0.25) is 5.02 Å². The normalized spacial score (nSPS) is 10.7. The molecule has 0 amide bonds. The summed E-state index contributed by atoms with van der Waals surface area (Å²) in [5, 5.41) is 3.71. The van der Waals surface area contributed by atoms with Crippen molar-refractivity contribution in [2.75, 3.05) is 6.54 Å². The average molecular weight is 309 g/mol. The predicted molar refractivity (Wildman–Crippen MR) is 82.1 cm³/mol. The van der Waals surface area contributed by atoms with Crippen LogP contribution < -0.4 is 10.1 Å². The monoisotopic (exact) mass is 308 g/mol. The molecule has 2 aromatic rings. The lowest BCUT2D eigenvalue weighted by molar-refractivity contribution is 0.299. The van der Waals surface area contributed by atoms with Gasteiger partial charge in [0.05, 0.1) is 5.69 Å². The van der Waals surface area contributed by atoms with E-state index in [9.17, 15) is 4.39 Å². The summed E-state index contributed by atoms with van der Waals surface area (Å²) < 4.78 is 19.0. The topological polar surface area (TPSA) is 34.2 Å². The van der Waals surface area contributed by atoms with Crippen molar-refractivity contribution in [3.05, 3.63) is 58.1 Å². The lowest BCUT2D eigenvalue weighted by Crippen LogP contribution is -2.14. The summed E-state index contributed by atoms with van der Waals surface area (Å²) in [5.41, 5.74) is 2.38. The second kappa shape index (κ2) is 7.38. The number of ether oxygens (including phenoxy) is 1. The predicted octanol–water partition coefficient (Wildman–Crippen LogP) is 3.87. The molecule has 1 aromatic carbocycles. The van der Waals surface area contributed by atoms with E-state index in [4.69, 9.17) is 16.3 Å². The molecule has 5 heteroatoms. The van der Waals surface area contributed by atoms with Gasteiger partial charge in [-0.05, 0) is 43.8 Å². The van der Waals surface area contributed by atoms with Crippen molar-refractivity contribution >= 4 is 11.6 Å². The van der Waals surface area contributed by atoms with Crippen molar-refractivity contribution in [1.82, 2.24) is 10.3 Å². The Hall–Kier alpha value is -1.65. The molecule has 112 valence electrons. The summed E-state index contributed by atoms with van der Waals surface area (Å²) in [6.07, 6.45) is 0. The first-order valence-corrected chi connectivity index (χ1v) is 7.22. The summed E-state index contributed by atoms with van der Waals surface area (Å²) in [7, 11) is 0. The van der Waals surface area contributed by atoms with E-state index in [0.29, 0.717) is 22.9 Å². The molecule has 1 N–H and O–H groups in total. The Bertz CT molecular complexity index is 619. The fraction of sp³-hybridized carbons (Fsp3) is 0.312. The zero-order valence-corrected chi connectivity index (χ0v) is 12.9. The average Bonchev–Trinajstić information content (AvgIpc) is 2.47. The molecule has 0 spiro atoms. The summed E-state index contributed by atoms with van der Waals surface area (Å²) in [6, 6.07) is 8.01. The quantitative estimate of drug-likeness (QED) is 0.879. The highest BCUT2D eigenvalue weighted by Gasteiger charge is 2.08. The van der Waals surface area contributed by atoms with Gasteiger partial charge >= 0.3 is 0 Å². The van der Waals surface area contributed by atoms with Gasteiger partial charge in [-0.15, -0.1) is 0 Å². The number of pyridine rings is 1. The Kier molecular flexibility index (Phi) is 5.53. The SMILES string of the molecule is CCNCc1nc(C)ccc1OCc1cc(F)ccc1Cl. The van der Waals surface area contributed by atoms with E-state index in [2.05, 4.69) is 10.3 Å².